The van der Waals surface area contributed by atoms with Gasteiger partial charge in [-0.2, -0.15) is 5.10 Å². The smallest absolute Gasteiger partial charge is 0.240 e. The summed E-state index contributed by atoms with van der Waals surface area (Å²) in [7, 11) is 1.85. The van der Waals surface area contributed by atoms with Crippen LogP contribution in [0.25, 0.3) is 0 Å². The lowest BCUT2D eigenvalue weighted by molar-refractivity contribution is -0.116. The summed E-state index contributed by atoms with van der Waals surface area (Å²) < 4.78 is 6.98. The number of hydrogen-bond donors (Lipinski definition) is 0. The van der Waals surface area contributed by atoms with Crippen LogP contribution < -0.4 is 4.90 Å². The first-order valence-electron chi connectivity index (χ1n) is 6.16. The Morgan fingerprint density at radius 1 is 1.53 bits per heavy atom. The normalized spacial score (nSPS) is 19.4. The topological polar surface area (TPSA) is 51.3 Å². The molecule has 6 heteroatoms. The molecule has 1 aliphatic rings. The SMILES string of the molecule is Cc1occc1SC1CCN(c2cnn(C)c2)C1=O. The van der Waals surface area contributed by atoms with E-state index in [-0.39, 0.29) is 11.2 Å². The van der Waals surface area contributed by atoms with Crippen LogP contribution in [0.3, 0.4) is 0 Å². The maximum Gasteiger partial charge on any atom is 0.240 e. The number of thioether (sulfide) groups is 1. The van der Waals surface area contributed by atoms with Crippen LogP contribution in [0.5, 0.6) is 0 Å². The van der Waals surface area contributed by atoms with E-state index in [1.54, 1.807) is 33.8 Å². The Balaban J connectivity index is 1.74. The first kappa shape index (κ1) is 12.3. The van der Waals surface area contributed by atoms with Gasteiger partial charge in [-0.05, 0) is 19.4 Å². The summed E-state index contributed by atoms with van der Waals surface area (Å²) in [5, 5.41) is 4.08. The largest absolute Gasteiger partial charge is 0.468 e. The zero-order valence-corrected chi connectivity index (χ0v) is 11.7. The molecule has 100 valence electrons. The second kappa shape index (κ2) is 4.77. The fraction of sp³-hybridized carbons (Fsp3) is 0.385. The molecule has 19 heavy (non-hydrogen) atoms. The second-order valence-corrected chi connectivity index (χ2v) is 5.84. The summed E-state index contributed by atoms with van der Waals surface area (Å²) in [6.45, 7) is 2.67. The van der Waals surface area contributed by atoms with Crippen LogP contribution in [0.2, 0.25) is 0 Å². The number of carbonyl (C=O) groups is 1. The number of amides is 1. The minimum atomic E-state index is -0.0310. The fourth-order valence-electron chi connectivity index (χ4n) is 2.22. The monoisotopic (exact) mass is 277 g/mol. The first-order chi connectivity index (χ1) is 9.15. The van der Waals surface area contributed by atoms with Crippen LogP contribution in [0.15, 0.2) is 34.0 Å². The molecule has 2 aromatic heterocycles. The molecule has 1 saturated heterocycles. The van der Waals surface area contributed by atoms with Gasteiger partial charge in [-0.1, -0.05) is 0 Å². The molecule has 1 amide bonds. The Hall–Kier alpha value is -1.69. The number of anilines is 1. The number of rotatable bonds is 3. The average Bonchev–Trinajstić information content (AvgIpc) is 3.05. The van der Waals surface area contributed by atoms with E-state index < -0.39 is 0 Å². The third-order valence-electron chi connectivity index (χ3n) is 3.24. The molecule has 2 aromatic rings. The van der Waals surface area contributed by atoms with Gasteiger partial charge in [0.1, 0.15) is 5.76 Å². The van der Waals surface area contributed by atoms with E-state index in [4.69, 9.17) is 4.42 Å². The third kappa shape index (κ3) is 2.28. The first-order valence-corrected chi connectivity index (χ1v) is 7.04. The molecule has 0 aliphatic carbocycles. The van der Waals surface area contributed by atoms with E-state index in [1.807, 2.05) is 26.2 Å². The molecule has 1 unspecified atom stereocenters. The molecular weight excluding hydrogens is 262 g/mol. The van der Waals surface area contributed by atoms with Gasteiger partial charge in [-0.25, -0.2) is 0 Å². The van der Waals surface area contributed by atoms with E-state index in [9.17, 15) is 4.79 Å². The highest BCUT2D eigenvalue weighted by Gasteiger charge is 2.34. The predicted octanol–water partition coefficient (Wildman–Crippen LogP) is 2.22. The van der Waals surface area contributed by atoms with Crippen molar-refractivity contribution in [2.24, 2.45) is 7.05 Å². The van der Waals surface area contributed by atoms with Gasteiger partial charge in [-0.15, -0.1) is 11.8 Å². The van der Waals surface area contributed by atoms with Crippen molar-refractivity contribution >= 4 is 23.4 Å². The summed E-state index contributed by atoms with van der Waals surface area (Å²) >= 11 is 1.59. The summed E-state index contributed by atoms with van der Waals surface area (Å²) in [6, 6.07) is 1.92. The van der Waals surface area contributed by atoms with Gasteiger partial charge < -0.3 is 9.32 Å². The third-order valence-corrected chi connectivity index (χ3v) is 4.64. The van der Waals surface area contributed by atoms with Gasteiger partial charge in [0.25, 0.3) is 0 Å². The van der Waals surface area contributed by atoms with Crippen molar-refractivity contribution in [3.05, 3.63) is 30.5 Å². The minimum Gasteiger partial charge on any atom is -0.468 e. The lowest BCUT2D eigenvalue weighted by Gasteiger charge is -2.13. The Labute approximate surface area is 115 Å². The lowest BCUT2D eigenvalue weighted by atomic mass is 10.4. The molecule has 0 saturated carbocycles. The Morgan fingerprint density at radius 3 is 3.00 bits per heavy atom. The van der Waals surface area contributed by atoms with Crippen molar-refractivity contribution < 1.29 is 9.21 Å². The molecule has 1 fully saturated rings. The number of aryl methyl sites for hydroxylation is 2. The molecule has 5 nitrogen and oxygen atoms in total. The molecule has 3 rings (SSSR count). The maximum absolute atomic E-state index is 12.4. The maximum atomic E-state index is 12.4. The molecule has 1 atom stereocenters. The van der Waals surface area contributed by atoms with Gasteiger partial charge in [-0.3, -0.25) is 9.48 Å². The molecule has 0 radical (unpaired) electrons. The van der Waals surface area contributed by atoms with E-state index in [0.717, 1.165) is 29.3 Å². The predicted molar refractivity (Wildman–Crippen MR) is 73.3 cm³/mol. The highest BCUT2D eigenvalue weighted by atomic mass is 32.2. The van der Waals surface area contributed by atoms with Crippen molar-refractivity contribution in [2.45, 2.75) is 23.5 Å². The molecule has 0 N–H and O–H groups in total. The summed E-state index contributed by atoms with van der Waals surface area (Å²) in [5.74, 6) is 1.02. The summed E-state index contributed by atoms with van der Waals surface area (Å²) in [5.41, 5.74) is 0.875. The highest BCUT2D eigenvalue weighted by molar-refractivity contribution is 8.00. The van der Waals surface area contributed by atoms with E-state index >= 15 is 0 Å². The number of furan rings is 1. The molecular formula is C13H15N3O2S. The van der Waals surface area contributed by atoms with Crippen molar-refractivity contribution in [3.8, 4) is 0 Å². The van der Waals surface area contributed by atoms with Crippen LogP contribution in [0, 0.1) is 6.92 Å². The Kier molecular flexibility index (Phi) is 3.10. The van der Waals surface area contributed by atoms with Gasteiger partial charge >= 0.3 is 0 Å². The number of carbonyl (C=O) groups excluding carboxylic acids is 1. The minimum absolute atomic E-state index is 0.0310. The average molecular weight is 277 g/mol. The molecule has 3 heterocycles. The van der Waals surface area contributed by atoms with Crippen LogP contribution in [-0.4, -0.2) is 27.5 Å². The van der Waals surface area contributed by atoms with Crippen LogP contribution >= 0.6 is 11.8 Å². The highest BCUT2D eigenvalue weighted by Crippen LogP contribution is 2.34. The lowest BCUT2D eigenvalue weighted by Crippen LogP contribution is -2.27. The van der Waals surface area contributed by atoms with Crippen molar-refractivity contribution in [1.82, 2.24) is 9.78 Å². The van der Waals surface area contributed by atoms with E-state index in [1.165, 1.54) is 0 Å². The second-order valence-electron chi connectivity index (χ2n) is 4.60. The van der Waals surface area contributed by atoms with Gasteiger partial charge in [0, 0.05) is 24.7 Å². The summed E-state index contributed by atoms with van der Waals surface area (Å²) in [6.07, 6.45) is 6.11. The molecule has 0 bridgehead atoms. The summed E-state index contributed by atoms with van der Waals surface area (Å²) in [4.78, 5) is 15.2. The number of aromatic nitrogens is 2. The number of hydrogen-bond acceptors (Lipinski definition) is 4. The Morgan fingerprint density at radius 2 is 2.37 bits per heavy atom. The fourth-order valence-corrected chi connectivity index (χ4v) is 3.32. The van der Waals surface area contributed by atoms with Gasteiger partial charge in [0.05, 0.1) is 23.4 Å². The van der Waals surface area contributed by atoms with Crippen LogP contribution in [0.1, 0.15) is 12.2 Å². The quantitative estimate of drug-likeness (QED) is 0.863. The molecule has 0 aromatic carbocycles. The van der Waals surface area contributed by atoms with Gasteiger partial charge in [0.15, 0.2) is 0 Å². The van der Waals surface area contributed by atoms with Crippen molar-refractivity contribution in [3.63, 3.8) is 0 Å². The number of nitrogens with zero attached hydrogens (tertiary/aromatic N) is 3. The van der Waals surface area contributed by atoms with Crippen LogP contribution in [0.4, 0.5) is 5.69 Å². The van der Waals surface area contributed by atoms with Crippen LogP contribution in [-0.2, 0) is 11.8 Å². The molecule has 1 aliphatic heterocycles. The Bertz CT molecular complexity index is 605. The van der Waals surface area contributed by atoms with Crippen molar-refractivity contribution in [1.29, 1.82) is 0 Å². The van der Waals surface area contributed by atoms with E-state index in [0.29, 0.717) is 0 Å². The zero-order valence-electron chi connectivity index (χ0n) is 10.9. The zero-order chi connectivity index (χ0) is 13.4. The van der Waals surface area contributed by atoms with Gasteiger partial charge in [0.2, 0.25) is 5.91 Å². The van der Waals surface area contributed by atoms with Crippen molar-refractivity contribution in [2.75, 3.05) is 11.4 Å². The molecule has 0 spiro atoms. The van der Waals surface area contributed by atoms with E-state index in [2.05, 4.69) is 5.10 Å². The standard InChI is InChI=1S/C13H15N3O2S/c1-9-11(4-6-18-9)19-12-3-5-16(13(12)17)10-7-14-15(2)8-10/h4,6-8,12H,3,5H2,1-2H3.